The van der Waals surface area contributed by atoms with Crippen LogP contribution >= 0.6 is 0 Å². The van der Waals surface area contributed by atoms with E-state index in [-0.39, 0.29) is 5.56 Å². The summed E-state index contributed by atoms with van der Waals surface area (Å²) >= 11 is 0. The first-order valence-corrected chi connectivity index (χ1v) is 4.42. The lowest BCUT2D eigenvalue weighted by Gasteiger charge is -2.22. The molecule has 4 heteroatoms. The Kier molecular flexibility index (Phi) is 2.88. The van der Waals surface area contributed by atoms with Gasteiger partial charge in [0.15, 0.2) is 0 Å². The molecule has 0 spiro atoms. The Bertz CT molecular complexity index is 366. The van der Waals surface area contributed by atoms with Gasteiger partial charge < -0.3 is 4.79 Å². The molecule has 82 valence electrons. The molecule has 0 bridgehead atoms. The Labute approximate surface area is 85.9 Å². The van der Waals surface area contributed by atoms with Gasteiger partial charge in [0, 0.05) is 5.41 Å². The molecule has 1 aromatic carbocycles. The van der Waals surface area contributed by atoms with E-state index in [1.165, 1.54) is 32.0 Å². The van der Waals surface area contributed by atoms with E-state index >= 15 is 0 Å². The van der Waals surface area contributed by atoms with E-state index in [0.717, 1.165) is 6.07 Å². The van der Waals surface area contributed by atoms with Gasteiger partial charge in [-0.2, -0.15) is 13.2 Å². The van der Waals surface area contributed by atoms with Gasteiger partial charge in [0.2, 0.25) is 0 Å². The molecule has 0 saturated carbocycles. The van der Waals surface area contributed by atoms with Crippen molar-refractivity contribution in [2.24, 2.45) is 0 Å². The number of benzene rings is 1. The second-order valence-electron chi connectivity index (χ2n) is 3.88. The molecule has 1 rings (SSSR count). The van der Waals surface area contributed by atoms with Gasteiger partial charge >= 0.3 is 6.18 Å². The second-order valence-corrected chi connectivity index (χ2v) is 3.88. The number of aldehydes is 1. The topological polar surface area (TPSA) is 17.1 Å². The van der Waals surface area contributed by atoms with Gasteiger partial charge in [0.25, 0.3) is 0 Å². The first kappa shape index (κ1) is 11.8. The van der Waals surface area contributed by atoms with Gasteiger partial charge in [-0.25, -0.2) is 0 Å². The first-order chi connectivity index (χ1) is 6.79. The molecule has 0 fully saturated rings. The molecule has 0 atom stereocenters. The monoisotopic (exact) mass is 216 g/mol. The third-order valence-corrected chi connectivity index (χ3v) is 2.22. The van der Waals surface area contributed by atoms with Crippen molar-refractivity contribution in [1.82, 2.24) is 0 Å². The maximum Gasteiger partial charge on any atom is 0.416 e. The summed E-state index contributed by atoms with van der Waals surface area (Å²) in [6.07, 6.45) is -3.89. The van der Waals surface area contributed by atoms with Crippen LogP contribution in [0.5, 0.6) is 0 Å². The zero-order valence-corrected chi connectivity index (χ0v) is 8.43. The Morgan fingerprint density at radius 2 is 1.53 bits per heavy atom. The number of alkyl halides is 3. The minimum absolute atomic E-state index is 0.00694. The van der Waals surface area contributed by atoms with Crippen LogP contribution in [0.4, 0.5) is 13.2 Å². The molecular weight excluding hydrogens is 205 g/mol. The summed E-state index contributed by atoms with van der Waals surface area (Å²) in [7, 11) is 0. The highest BCUT2D eigenvalue weighted by atomic mass is 19.4. The van der Waals surface area contributed by atoms with Gasteiger partial charge in [-0.15, -0.1) is 0 Å². The molecule has 0 heterocycles. The first-order valence-electron chi connectivity index (χ1n) is 4.42. The quantitative estimate of drug-likeness (QED) is 0.694. The molecule has 15 heavy (non-hydrogen) atoms. The van der Waals surface area contributed by atoms with Crippen molar-refractivity contribution in [3.05, 3.63) is 35.4 Å². The smallest absolute Gasteiger partial charge is 0.302 e. The van der Waals surface area contributed by atoms with Crippen molar-refractivity contribution in [1.29, 1.82) is 0 Å². The zero-order valence-electron chi connectivity index (χ0n) is 8.43. The SMILES string of the molecule is CC(C)(C=O)c1ccccc1C(F)(F)F. The summed E-state index contributed by atoms with van der Waals surface area (Å²) in [5.74, 6) is 0. The lowest BCUT2D eigenvalue weighted by molar-refractivity contribution is -0.138. The van der Waals surface area contributed by atoms with Crippen LogP contribution in [0.1, 0.15) is 25.0 Å². The third kappa shape index (κ3) is 2.37. The van der Waals surface area contributed by atoms with Crippen LogP contribution in [-0.2, 0) is 16.4 Å². The van der Waals surface area contributed by atoms with Gasteiger partial charge in [0.05, 0.1) is 5.56 Å². The minimum Gasteiger partial charge on any atom is -0.302 e. The minimum atomic E-state index is -4.42. The molecule has 0 N–H and O–H groups in total. The highest BCUT2D eigenvalue weighted by Gasteiger charge is 2.37. The molecule has 0 saturated heterocycles. The summed E-state index contributed by atoms with van der Waals surface area (Å²) in [5, 5.41) is 0. The third-order valence-electron chi connectivity index (χ3n) is 2.22. The Balaban J connectivity index is 3.37. The van der Waals surface area contributed by atoms with Crippen LogP contribution in [0.3, 0.4) is 0 Å². The Morgan fingerprint density at radius 3 is 1.93 bits per heavy atom. The van der Waals surface area contributed by atoms with Crippen molar-refractivity contribution in [3.8, 4) is 0 Å². The predicted octanol–water partition coefficient (Wildman–Crippen LogP) is 3.18. The van der Waals surface area contributed by atoms with Crippen LogP contribution < -0.4 is 0 Å². The molecule has 0 aliphatic heterocycles. The van der Waals surface area contributed by atoms with Crippen LogP contribution in [0.15, 0.2) is 24.3 Å². The lowest BCUT2D eigenvalue weighted by atomic mass is 9.83. The summed E-state index contributed by atoms with van der Waals surface area (Å²) < 4.78 is 37.8. The molecule has 0 aliphatic carbocycles. The number of halogens is 3. The van der Waals surface area contributed by atoms with E-state index in [0.29, 0.717) is 6.29 Å². The van der Waals surface area contributed by atoms with E-state index in [4.69, 9.17) is 0 Å². The van der Waals surface area contributed by atoms with Crippen molar-refractivity contribution >= 4 is 6.29 Å². The fourth-order valence-electron chi connectivity index (χ4n) is 1.36. The van der Waals surface area contributed by atoms with E-state index in [2.05, 4.69) is 0 Å². The molecule has 1 aromatic rings. The summed E-state index contributed by atoms with van der Waals surface area (Å²) in [5.41, 5.74) is -1.86. The van der Waals surface area contributed by atoms with Gasteiger partial charge in [-0.1, -0.05) is 18.2 Å². The van der Waals surface area contributed by atoms with Crippen LogP contribution in [0.2, 0.25) is 0 Å². The number of rotatable bonds is 2. The van der Waals surface area contributed by atoms with E-state index in [1.54, 1.807) is 0 Å². The van der Waals surface area contributed by atoms with Gasteiger partial charge in [-0.3, -0.25) is 0 Å². The van der Waals surface area contributed by atoms with Crippen molar-refractivity contribution < 1.29 is 18.0 Å². The predicted molar refractivity (Wildman–Crippen MR) is 50.5 cm³/mol. The Morgan fingerprint density at radius 1 is 1.07 bits per heavy atom. The van der Waals surface area contributed by atoms with Crippen molar-refractivity contribution in [2.75, 3.05) is 0 Å². The summed E-state index contributed by atoms with van der Waals surface area (Å²) in [6, 6.07) is 5.13. The molecule has 0 aromatic heterocycles. The summed E-state index contributed by atoms with van der Waals surface area (Å²) in [4.78, 5) is 10.7. The average Bonchev–Trinajstić information content (AvgIpc) is 2.16. The lowest BCUT2D eigenvalue weighted by Crippen LogP contribution is -2.23. The number of hydrogen-bond acceptors (Lipinski definition) is 1. The van der Waals surface area contributed by atoms with E-state index < -0.39 is 17.2 Å². The maximum absolute atomic E-state index is 12.6. The second kappa shape index (κ2) is 3.68. The molecule has 0 radical (unpaired) electrons. The fourth-order valence-corrected chi connectivity index (χ4v) is 1.36. The Hall–Kier alpha value is -1.32. The van der Waals surface area contributed by atoms with Crippen molar-refractivity contribution in [3.63, 3.8) is 0 Å². The largest absolute Gasteiger partial charge is 0.416 e. The fraction of sp³-hybridized carbons (Fsp3) is 0.364. The summed E-state index contributed by atoms with van der Waals surface area (Å²) in [6.45, 7) is 2.93. The molecule has 0 amide bonds. The highest BCUT2D eigenvalue weighted by molar-refractivity contribution is 5.68. The van der Waals surface area contributed by atoms with Gasteiger partial charge in [-0.05, 0) is 25.5 Å². The number of carbonyl (C=O) groups excluding carboxylic acids is 1. The normalized spacial score (nSPS) is 12.6. The van der Waals surface area contributed by atoms with Crippen molar-refractivity contribution in [2.45, 2.75) is 25.4 Å². The van der Waals surface area contributed by atoms with Gasteiger partial charge in [0.1, 0.15) is 6.29 Å². The highest BCUT2D eigenvalue weighted by Crippen LogP contribution is 2.36. The van der Waals surface area contributed by atoms with Crippen LogP contribution in [0, 0.1) is 0 Å². The standard InChI is InChI=1S/C11H11F3O/c1-10(2,7-15)8-5-3-4-6-9(8)11(12,13)14/h3-7H,1-2H3. The molecule has 0 aliphatic rings. The molecular formula is C11H11F3O. The average molecular weight is 216 g/mol. The maximum atomic E-state index is 12.6. The zero-order chi connectivity index (χ0) is 11.7. The van der Waals surface area contributed by atoms with Crippen LogP contribution in [-0.4, -0.2) is 6.29 Å². The molecule has 0 unspecified atom stereocenters. The number of hydrogen-bond donors (Lipinski definition) is 0. The molecule has 1 nitrogen and oxygen atoms in total. The van der Waals surface area contributed by atoms with E-state index in [1.807, 2.05) is 0 Å². The van der Waals surface area contributed by atoms with E-state index in [9.17, 15) is 18.0 Å². The van der Waals surface area contributed by atoms with Crippen LogP contribution in [0.25, 0.3) is 0 Å². The number of carbonyl (C=O) groups is 1.